The molecule has 0 aliphatic carbocycles. The van der Waals surface area contributed by atoms with Crippen molar-refractivity contribution in [2.45, 2.75) is 26.7 Å². The average Bonchev–Trinajstić information content (AvgIpc) is 2.49. The summed E-state index contributed by atoms with van der Waals surface area (Å²) in [6.45, 7) is 5.84. The number of aryl methyl sites for hydroxylation is 1. The number of hydrogen-bond acceptors (Lipinski definition) is 3. The van der Waals surface area contributed by atoms with Gasteiger partial charge in [0.15, 0.2) is 0 Å². The maximum absolute atomic E-state index is 12.0. The summed E-state index contributed by atoms with van der Waals surface area (Å²) in [5.74, 6) is 5.37. The number of benzene rings is 1. The van der Waals surface area contributed by atoms with Gasteiger partial charge >= 0.3 is 0 Å². The maximum Gasteiger partial charge on any atom is 0.251 e. The molecule has 0 unspecified atom stereocenters. The van der Waals surface area contributed by atoms with Crippen LogP contribution in [0, 0.1) is 18.8 Å². The lowest BCUT2D eigenvalue weighted by Crippen LogP contribution is -2.25. The number of carbonyl (C=O) groups is 1. The lowest BCUT2D eigenvalue weighted by Gasteiger charge is -2.07. The van der Waals surface area contributed by atoms with Gasteiger partial charge in [0.1, 0.15) is 6.61 Å². The lowest BCUT2D eigenvalue weighted by molar-refractivity contribution is 0.0941. The largest absolute Gasteiger partial charge is 0.384 e. The number of carbonyl (C=O) groups excluding carboxylic acids is 1. The minimum atomic E-state index is -0.165. The van der Waals surface area contributed by atoms with Crippen LogP contribution in [-0.2, 0) is 4.74 Å². The molecule has 0 fully saturated rings. The molecule has 0 aromatic heterocycles. The van der Waals surface area contributed by atoms with Crippen LogP contribution in [0.1, 0.15) is 41.3 Å². The highest BCUT2D eigenvalue weighted by Crippen LogP contribution is 2.10. The first-order chi connectivity index (χ1) is 10.2. The molecule has 1 aromatic carbocycles. The van der Waals surface area contributed by atoms with Crippen LogP contribution in [-0.4, -0.2) is 37.4 Å². The molecule has 114 valence electrons. The Balaban J connectivity index is 2.46. The topological polar surface area (TPSA) is 58.6 Å². The van der Waals surface area contributed by atoms with Crippen molar-refractivity contribution >= 4 is 5.91 Å². The molecule has 0 aliphatic rings. The molecule has 4 nitrogen and oxygen atoms in total. The molecule has 0 saturated heterocycles. The summed E-state index contributed by atoms with van der Waals surface area (Å²) in [4.78, 5) is 12.0. The predicted octanol–water partition coefficient (Wildman–Crippen LogP) is 1.89. The molecule has 0 atom stereocenters. The maximum atomic E-state index is 12.0. The van der Waals surface area contributed by atoms with Crippen molar-refractivity contribution in [1.82, 2.24) is 5.32 Å². The molecule has 0 aliphatic heterocycles. The van der Waals surface area contributed by atoms with Gasteiger partial charge in [0.05, 0.1) is 0 Å². The summed E-state index contributed by atoms with van der Waals surface area (Å²) in [5, 5.41) is 11.6. The van der Waals surface area contributed by atoms with E-state index in [0.717, 1.165) is 30.6 Å². The first kappa shape index (κ1) is 17.2. The zero-order valence-electron chi connectivity index (χ0n) is 12.7. The zero-order chi connectivity index (χ0) is 15.5. The van der Waals surface area contributed by atoms with Crippen molar-refractivity contribution in [1.29, 1.82) is 0 Å². The van der Waals surface area contributed by atoms with E-state index in [1.807, 2.05) is 13.0 Å². The van der Waals surface area contributed by atoms with Crippen LogP contribution >= 0.6 is 0 Å². The first-order valence-electron chi connectivity index (χ1n) is 7.25. The van der Waals surface area contributed by atoms with Crippen molar-refractivity contribution in [2.24, 2.45) is 0 Å². The Bertz CT molecular complexity index is 515. The van der Waals surface area contributed by atoms with Crippen LogP contribution in [0.4, 0.5) is 0 Å². The fraction of sp³-hybridized carbons (Fsp3) is 0.471. The van der Waals surface area contributed by atoms with E-state index < -0.39 is 0 Å². The van der Waals surface area contributed by atoms with Crippen LogP contribution < -0.4 is 5.32 Å². The number of amides is 1. The Hall–Kier alpha value is -1.83. The molecule has 0 radical (unpaired) electrons. The molecule has 0 bridgehead atoms. The van der Waals surface area contributed by atoms with Crippen molar-refractivity contribution < 1.29 is 14.6 Å². The summed E-state index contributed by atoms with van der Waals surface area (Å²) < 4.78 is 5.36. The van der Waals surface area contributed by atoms with Gasteiger partial charge < -0.3 is 15.2 Å². The van der Waals surface area contributed by atoms with Gasteiger partial charge in [-0.05, 0) is 43.5 Å². The Morgan fingerprint density at radius 1 is 1.38 bits per heavy atom. The van der Waals surface area contributed by atoms with Crippen LogP contribution in [0.5, 0.6) is 0 Å². The van der Waals surface area contributed by atoms with Gasteiger partial charge in [-0.2, -0.15) is 0 Å². The standard InChI is InChI=1S/C17H23NO3/c1-3-11-21-12-5-9-18-17(20)16-8-7-15(6-4-10-19)14(2)13-16/h7-8,13,19H,3,5,9-12H2,1-2H3,(H,18,20). The van der Waals surface area contributed by atoms with Crippen molar-refractivity contribution in [3.05, 3.63) is 34.9 Å². The third kappa shape index (κ3) is 6.44. The van der Waals surface area contributed by atoms with Gasteiger partial charge in [0.2, 0.25) is 0 Å². The number of rotatable bonds is 7. The Kier molecular flexibility index (Phi) is 8.18. The van der Waals surface area contributed by atoms with Gasteiger partial charge in [-0.1, -0.05) is 18.8 Å². The number of aliphatic hydroxyl groups is 1. The van der Waals surface area contributed by atoms with Crippen LogP contribution in [0.3, 0.4) is 0 Å². The second kappa shape index (κ2) is 9.98. The van der Waals surface area contributed by atoms with E-state index >= 15 is 0 Å². The Morgan fingerprint density at radius 3 is 2.86 bits per heavy atom. The molecule has 2 N–H and O–H groups in total. The third-order valence-electron chi connectivity index (χ3n) is 2.89. The summed E-state index contributed by atoms with van der Waals surface area (Å²) in [7, 11) is 0. The molecular weight excluding hydrogens is 266 g/mol. The minimum absolute atomic E-state index is 0.0877. The molecule has 1 aromatic rings. The van der Waals surface area contributed by atoms with Crippen LogP contribution in [0.15, 0.2) is 18.2 Å². The average molecular weight is 289 g/mol. The zero-order valence-corrected chi connectivity index (χ0v) is 12.7. The number of hydrogen-bond donors (Lipinski definition) is 2. The van der Waals surface area contributed by atoms with Crippen molar-refractivity contribution in [3.8, 4) is 11.8 Å². The fourth-order valence-corrected chi connectivity index (χ4v) is 1.80. The second-order valence-electron chi connectivity index (χ2n) is 4.71. The third-order valence-corrected chi connectivity index (χ3v) is 2.89. The second-order valence-corrected chi connectivity index (χ2v) is 4.71. The molecule has 21 heavy (non-hydrogen) atoms. The van der Waals surface area contributed by atoms with Gasteiger partial charge in [0.25, 0.3) is 5.91 Å². The molecule has 1 amide bonds. The van der Waals surface area contributed by atoms with E-state index in [-0.39, 0.29) is 12.5 Å². The summed E-state index contributed by atoms with van der Waals surface area (Å²) in [6.07, 6.45) is 1.82. The lowest BCUT2D eigenvalue weighted by atomic mass is 10.0. The van der Waals surface area contributed by atoms with Gasteiger partial charge in [0, 0.05) is 30.9 Å². The summed E-state index contributed by atoms with van der Waals surface area (Å²) in [6, 6.07) is 5.36. The number of nitrogens with one attached hydrogen (secondary N) is 1. The summed E-state index contributed by atoms with van der Waals surface area (Å²) >= 11 is 0. The van der Waals surface area contributed by atoms with Crippen molar-refractivity contribution in [2.75, 3.05) is 26.4 Å². The highest BCUT2D eigenvalue weighted by molar-refractivity contribution is 5.94. The van der Waals surface area contributed by atoms with E-state index in [2.05, 4.69) is 24.1 Å². The van der Waals surface area contributed by atoms with Gasteiger partial charge in [-0.15, -0.1) is 0 Å². The highest BCUT2D eigenvalue weighted by Gasteiger charge is 2.06. The normalized spacial score (nSPS) is 9.86. The molecule has 0 saturated carbocycles. The van der Waals surface area contributed by atoms with Crippen LogP contribution in [0.25, 0.3) is 0 Å². The van der Waals surface area contributed by atoms with Crippen LogP contribution in [0.2, 0.25) is 0 Å². The first-order valence-corrected chi connectivity index (χ1v) is 7.25. The SMILES string of the molecule is CCCOCCCNC(=O)c1ccc(C#CCO)c(C)c1. The van der Waals surface area contributed by atoms with Gasteiger partial charge in [-0.3, -0.25) is 4.79 Å². The molecular formula is C17H23NO3. The smallest absolute Gasteiger partial charge is 0.251 e. The van der Waals surface area contributed by atoms with Crippen molar-refractivity contribution in [3.63, 3.8) is 0 Å². The predicted molar refractivity (Wildman–Crippen MR) is 83.2 cm³/mol. The number of ether oxygens (including phenoxy) is 1. The monoisotopic (exact) mass is 289 g/mol. The Labute approximate surface area is 126 Å². The van der Waals surface area contributed by atoms with E-state index in [0.29, 0.717) is 18.7 Å². The quantitative estimate of drug-likeness (QED) is 0.595. The summed E-state index contributed by atoms with van der Waals surface area (Å²) in [5.41, 5.74) is 2.37. The number of aliphatic hydroxyl groups excluding tert-OH is 1. The highest BCUT2D eigenvalue weighted by atomic mass is 16.5. The molecule has 0 spiro atoms. The molecule has 4 heteroatoms. The fourth-order valence-electron chi connectivity index (χ4n) is 1.80. The molecule has 0 heterocycles. The van der Waals surface area contributed by atoms with E-state index in [1.54, 1.807) is 12.1 Å². The van der Waals surface area contributed by atoms with Gasteiger partial charge in [-0.25, -0.2) is 0 Å². The van der Waals surface area contributed by atoms with E-state index in [4.69, 9.17) is 9.84 Å². The Morgan fingerprint density at radius 2 is 2.19 bits per heavy atom. The minimum Gasteiger partial charge on any atom is -0.384 e. The van der Waals surface area contributed by atoms with E-state index in [9.17, 15) is 4.79 Å². The van der Waals surface area contributed by atoms with E-state index in [1.165, 1.54) is 0 Å². The molecule has 1 rings (SSSR count).